The number of urea groups is 1. The molecule has 1 aliphatic heterocycles. The largest absolute Gasteiger partial charge is 0.398 e. The van der Waals surface area contributed by atoms with Crippen molar-refractivity contribution < 1.29 is 9.59 Å². The molecule has 4 N–H and O–H groups in total. The van der Waals surface area contributed by atoms with Gasteiger partial charge >= 0.3 is 6.03 Å². The van der Waals surface area contributed by atoms with Crippen molar-refractivity contribution in [3.8, 4) is 0 Å². The van der Waals surface area contributed by atoms with Crippen LogP contribution < -0.4 is 21.3 Å². The molecule has 1 saturated carbocycles. The Morgan fingerprint density at radius 1 is 1.17 bits per heavy atom. The number of nitrogen functional groups attached to an aromatic ring is 1. The van der Waals surface area contributed by atoms with Crippen LogP contribution in [0.2, 0.25) is 0 Å². The zero-order valence-corrected chi connectivity index (χ0v) is 14.0. The Morgan fingerprint density at radius 2 is 1.96 bits per heavy atom. The third-order valence-electron chi connectivity index (χ3n) is 4.91. The first-order valence-electron chi connectivity index (χ1n) is 8.86. The van der Waals surface area contributed by atoms with Crippen molar-refractivity contribution in [1.29, 1.82) is 0 Å². The molecule has 130 valence electrons. The Bertz CT molecular complexity index is 611. The molecule has 1 fully saturated rings. The number of fused-ring (bicyclic) bond motifs is 1. The highest BCUT2D eigenvalue weighted by Gasteiger charge is 2.22. The normalized spacial score (nSPS) is 17.9. The van der Waals surface area contributed by atoms with Gasteiger partial charge in [0.15, 0.2) is 0 Å². The summed E-state index contributed by atoms with van der Waals surface area (Å²) in [7, 11) is 0. The van der Waals surface area contributed by atoms with Crippen LogP contribution in [0.15, 0.2) is 18.2 Å². The first-order valence-corrected chi connectivity index (χ1v) is 8.86. The van der Waals surface area contributed by atoms with Crippen LogP contribution in [0.1, 0.15) is 44.1 Å². The summed E-state index contributed by atoms with van der Waals surface area (Å²) < 4.78 is 0. The minimum Gasteiger partial charge on any atom is -0.398 e. The Hall–Kier alpha value is -2.24. The van der Waals surface area contributed by atoms with E-state index in [1.54, 1.807) is 0 Å². The van der Waals surface area contributed by atoms with Gasteiger partial charge in [0.2, 0.25) is 5.91 Å². The molecule has 1 aromatic carbocycles. The highest BCUT2D eigenvalue weighted by Crippen LogP contribution is 2.30. The lowest BCUT2D eigenvalue weighted by Gasteiger charge is -2.31. The maximum atomic E-state index is 12.2. The van der Waals surface area contributed by atoms with Crippen molar-refractivity contribution in [3.63, 3.8) is 0 Å². The minimum atomic E-state index is -0.378. The van der Waals surface area contributed by atoms with Crippen LogP contribution in [0.25, 0.3) is 0 Å². The molecule has 0 aromatic heterocycles. The third-order valence-corrected chi connectivity index (χ3v) is 4.91. The summed E-state index contributed by atoms with van der Waals surface area (Å²) >= 11 is 0. The fourth-order valence-corrected chi connectivity index (χ4v) is 3.70. The predicted molar refractivity (Wildman–Crippen MR) is 94.9 cm³/mol. The van der Waals surface area contributed by atoms with Crippen molar-refractivity contribution in [2.24, 2.45) is 0 Å². The van der Waals surface area contributed by atoms with Crippen LogP contribution in [0.4, 0.5) is 16.2 Å². The van der Waals surface area contributed by atoms with Gasteiger partial charge in [0, 0.05) is 24.0 Å². The van der Waals surface area contributed by atoms with Crippen molar-refractivity contribution in [2.75, 3.05) is 23.7 Å². The van der Waals surface area contributed by atoms with Gasteiger partial charge in [0.05, 0.1) is 6.54 Å². The molecule has 1 heterocycles. The molecule has 0 bridgehead atoms. The summed E-state index contributed by atoms with van der Waals surface area (Å²) in [6.07, 6.45) is 7.41. The fraction of sp³-hybridized carbons (Fsp3) is 0.556. The van der Waals surface area contributed by atoms with Crippen LogP contribution in [-0.4, -0.2) is 31.1 Å². The zero-order valence-electron chi connectivity index (χ0n) is 14.0. The van der Waals surface area contributed by atoms with Crippen LogP contribution >= 0.6 is 0 Å². The summed E-state index contributed by atoms with van der Waals surface area (Å²) in [6.45, 7) is 0.975. The van der Waals surface area contributed by atoms with E-state index in [0.29, 0.717) is 0 Å². The molecule has 1 aliphatic carbocycles. The molecule has 0 saturated heterocycles. The number of carbonyl (C=O) groups excluding carboxylic acids is 2. The lowest BCUT2D eigenvalue weighted by Crippen LogP contribution is -2.48. The molecule has 0 spiro atoms. The lowest BCUT2D eigenvalue weighted by molar-refractivity contribution is -0.118. The molecule has 6 heteroatoms. The first kappa shape index (κ1) is 16.6. The van der Waals surface area contributed by atoms with E-state index in [1.165, 1.54) is 6.42 Å². The lowest BCUT2D eigenvalue weighted by atomic mass is 9.96. The maximum Gasteiger partial charge on any atom is 0.321 e. The summed E-state index contributed by atoms with van der Waals surface area (Å²) in [5.74, 6) is -0.279. The number of nitrogens with zero attached hydrogens (tertiary/aromatic N) is 1. The van der Waals surface area contributed by atoms with E-state index < -0.39 is 0 Å². The van der Waals surface area contributed by atoms with Gasteiger partial charge in [-0.05, 0) is 43.4 Å². The summed E-state index contributed by atoms with van der Waals surface area (Å²) in [4.78, 5) is 26.2. The van der Waals surface area contributed by atoms with Gasteiger partial charge in [-0.25, -0.2) is 4.79 Å². The molecule has 24 heavy (non-hydrogen) atoms. The standard InChI is InChI=1S/C18H26N4O2/c19-15-9-4-10-16-14(15)8-5-11-22(16)12-17(23)21-18(24)20-13-6-2-1-3-7-13/h4,9-10,13H,1-3,5-8,11-12,19H2,(H2,20,21,23,24). The second-order valence-corrected chi connectivity index (χ2v) is 6.73. The van der Waals surface area contributed by atoms with E-state index >= 15 is 0 Å². The Kier molecular flexibility index (Phi) is 5.23. The summed E-state index contributed by atoms with van der Waals surface area (Å²) in [5, 5.41) is 5.36. The average molecular weight is 330 g/mol. The van der Waals surface area contributed by atoms with Gasteiger partial charge in [-0.15, -0.1) is 0 Å². The number of nitrogens with two attached hydrogens (primary N) is 1. The number of amides is 3. The van der Waals surface area contributed by atoms with Crippen molar-refractivity contribution in [3.05, 3.63) is 23.8 Å². The van der Waals surface area contributed by atoms with Crippen LogP contribution in [0.5, 0.6) is 0 Å². The van der Waals surface area contributed by atoms with E-state index in [9.17, 15) is 9.59 Å². The van der Waals surface area contributed by atoms with Gasteiger partial charge in [-0.2, -0.15) is 0 Å². The number of imide groups is 1. The first-order chi connectivity index (χ1) is 11.6. The van der Waals surface area contributed by atoms with Crippen molar-refractivity contribution in [2.45, 2.75) is 51.0 Å². The number of benzene rings is 1. The number of hydrogen-bond acceptors (Lipinski definition) is 4. The van der Waals surface area contributed by atoms with E-state index in [2.05, 4.69) is 10.6 Å². The number of hydrogen-bond donors (Lipinski definition) is 3. The number of anilines is 2. The van der Waals surface area contributed by atoms with E-state index in [0.717, 1.165) is 62.0 Å². The molecule has 0 unspecified atom stereocenters. The van der Waals surface area contributed by atoms with Gasteiger partial charge in [-0.1, -0.05) is 25.3 Å². The van der Waals surface area contributed by atoms with E-state index in [4.69, 9.17) is 5.73 Å². The minimum absolute atomic E-state index is 0.175. The molecule has 3 amide bonds. The zero-order chi connectivity index (χ0) is 16.9. The molecule has 0 atom stereocenters. The van der Waals surface area contributed by atoms with Gasteiger partial charge in [0.25, 0.3) is 0 Å². The molecule has 1 aromatic rings. The number of carbonyl (C=O) groups is 2. The number of nitrogens with one attached hydrogen (secondary N) is 2. The molecular weight excluding hydrogens is 304 g/mol. The van der Waals surface area contributed by atoms with Crippen molar-refractivity contribution >= 4 is 23.3 Å². The smallest absolute Gasteiger partial charge is 0.321 e. The summed E-state index contributed by atoms with van der Waals surface area (Å²) in [6, 6.07) is 5.60. The molecule has 6 nitrogen and oxygen atoms in total. The predicted octanol–water partition coefficient (Wildman–Crippen LogP) is 2.18. The van der Waals surface area contributed by atoms with Crippen LogP contribution in [-0.2, 0) is 11.2 Å². The maximum absolute atomic E-state index is 12.2. The second kappa shape index (κ2) is 7.55. The Balaban J connectivity index is 1.54. The highest BCUT2D eigenvalue weighted by molar-refractivity contribution is 5.96. The quantitative estimate of drug-likeness (QED) is 0.741. The highest BCUT2D eigenvalue weighted by atomic mass is 16.2. The van der Waals surface area contributed by atoms with Crippen molar-refractivity contribution in [1.82, 2.24) is 10.6 Å². The van der Waals surface area contributed by atoms with Crippen LogP contribution in [0.3, 0.4) is 0 Å². The molecule has 0 radical (unpaired) electrons. The van der Waals surface area contributed by atoms with E-state index in [-0.39, 0.29) is 24.5 Å². The Labute approximate surface area is 142 Å². The van der Waals surface area contributed by atoms with Gasteiger partial charge < -0.3 is 16.0 Å². The SMILES string of the molecule is Nc1cccc2c1CCCN2CC(=O)NC(=O)NC1CCCCC1. The second-order valence-electron chi connectivity index (χ2n) is 6.73. The summed E-state index contributed by atoms with van der Waals surface area (Å²) in [5.41, 5.74) is 8.90. The monoisotopic (exact) mass is 330 g/mol. The van der Waals surface area contributed by atoms with E-state index in [1.807, 2.05) is 23.1 Å². The topological polar surface area (TPSA) is 87.5 Å². The number of rotatable bonds is 3. The Morgan fingerprint density at radius 3 is 2.75 bits per heavy atom. The molecule has 3 rings (SSSR count). The van der Waals surface area contributed by atoms with Crippen LogP contribution in [0, 0.1) is 0 Å². The van der Waals surface area contributed by atoms with Gasteiger partial charge in [0.1, 0.15) is 0 Å². The molecular formula is C18H26N4O2. The average Bonchev–Trinajstić information content (AvgIpc) is 2.56. The molecule has 2 aliphatic rings. The third kappa shape index (κ3) is 3.99. The van der Waals surface area contributed by atoms with Gasteiger partial charge in [-0.3, -0.25) is 10.1 Å². The fourth-order valence-electron chi connectivity index (χ4n) is 3.70.